The molecule has 0 radical (unpaired) electrons. The first-order chi connectivity index (χ1) is 6.22. The maximum absolute atomic E-state index is 11.1. The molecule has 2 N–H and O–H groups in total. The van der Waals surface area contributed by atoms with Crippen molar-refractivity contribution in [3.05, 3.63) is 0 Å². The van der Waals surface area contributed by atoms with Gasteiger partial charge >= 0.3 is 0 Å². The molecule has 0 bridgehead atoms. The molecule has 0 aliphatic heterocycles. The minimum Gasteiger partial charge on any atom is -0.319 e. The Labute approximate surface area is 75.5 Å². The van der Waals surface area contributed by atoms with E-state index >= 15 is 0 Å². The van der Waals surface area contributed by atoms with Crippen molar-refractivity contribution < 1.29 is 4.79 Å². The fraction of sp³-hybridized carbons (Fsp3) is 0.667. The molecule has 1 aromatic heterocycles. The Morgan fingerprint density at radius 1 is 1.62 bits per heavy atom. The van der Waals surface area contributed by atoms with Crippen LogP contribution in [0.4, 0.5) is 5.95 Å². The van der Waals surface area contributed by atoms with Gasteiger partial charge in [-0.05, 0) is 12.3 Å². The van der Waals surface area contributed by atoms with Crippen molar-refractivity contribution in [2.75, 3.05) is 18.9 Å². The Bertz CT molecular complexity index is 282. The molecule has 72 valence electrons. The van der Waals surface area contributed by atoms with Gasteiger partial charge < -0.3 is 5.32 Å². The number of amides is 1. The number of tetrazole rings is 1. The molecule has 1 rings (SSSR count). The zero-order chi connectivity index (χ0) is 9.68. The normalized spacial score (nSPS) is 10.0. The van der Waals surface area contributed by atoms with E-state index in [0.29, 0.717) is 13.0 Å². The van der Waals surface area contributed by atoms with E-state index in [4.69, 9.17) is 0 Å². The van der Waals surface area contributed by atoms with Gasteiger partial charge in [0.1, 0.15) is 0 Å². The van der Waals surface area contributed by atoms with Crippen molar-refractivity contribution in [1.82, 2.24) is 25.5 Å². The first-order valence-corrected chi connectivity index (χ1v) is 3.91. The van der Waals surface area contributed by atoms with Gasteiger partial charge in [0.15, 0.2) is 0 Å². The number of carbonyl (C=O) groups is 1. The summed E-state index contributed by atoms with van der Waals surface area (Å²) in [6.45, 7) is 0.631. The predicted octanol–water partition coefficient (Wildman–Crippen LogP) is -1.24. The summed E-state index contributed by atoms with van der Waals surface area (Å²) in [5.74, 6) is 0.117. The second-order valence-corrected chi connectivity index (χ2v) is 2.50. The molecule has 0 saturated carbocycles. The topological polar surface area (TPSA) is 84.7 Å². The molecule has 0 aliphatic rings. The van der Waals surface area contributed by atoms with Gasteiger partial charge in [-0.15, -0.1) is 5.10 Å². The molecule has 1 amide bonds. The highest BCUT2D eigenvalue weighted by Crippen LogP contribution is 1.92. The second kappa shape index (κ2) is 4.51. The van der Waals surface area contributed by atoms with Gasteiger partial charge in [-0.3, -0.25) is 10.1 Å². The standard InChI is InChI=1S/C6H12N6O/c1-7-4-3-5(13)8-6-9-11-12(2)10-6/h7H,3-4H2,1-2H3,(H,8,10,13). The van der Waals surface area contributed by atoms with Gasteiger partial charge in [0, 0.05) is 13.0 Å². The molecule has 1 heterocycles. The second-order valence-electron chi connectivity index (χ2n) is 2.50. The van der Waals surface area contributed by atoms with Crippen LogP contribution in [0.3, 0.4) is 0 Å². The Kier molecular flexibility index (Phi) is 3.32. The molecule has 0 fully saturated rings. The van der Waals surface area contributed by atoms with Crippen molar-refractivity contribution in [1.29, 1.82) is 0 Å². The van der Waals surface area contributed by atoms with E-state index in [-0.39, 0.29) is 11.9 Å². The van der Waals surface area contributed by atoms with Crippen molar-refractivity contribution >= 4 is 11.9 Å². The van der Waals surface area contributed by atoms with Crippen LogP contribution in [0.1, 0.15) is 6.42 Å². The molecule has 13 heavy (non-hydrogen) atoms. The summed E-state index contributed by atoms with van der Waals surface area (Å²) >= 11 is 0. The van der Waals surface area contributed by atoms with Gasteiger partial charge in [0.25, 0.3) is 5.95 Å². The Morgan fingerprint density at radius 3 is 2.92 bits per heavy atom. The van der Waals surface area contributed by atoms with Gasteiger partial charge in [-0.2, -0.15) is 4.80 Å². The quantitative estimate of drug-likeness (QED) is 0.611. The number of aryl methyl sites for hydroxylation is 1. The van der Waals surface area contributed by atoms with Crippen LogP contribution in [0.2, 0.25) is 0 Å². The molecule has 0 aliphatic carbocycles. The van der Waals surface area contributed by atoms with Gasteiger partial charge in [0.2, 0.25) is 5.91 Å². The number of rotatable bonds is 4. The third-order valence-electron chi connectivity index (χ3n) is 1.36. The summed E-state index contributed by atoms with van der Waals surface area (Å²) in [7, 11) is 3.42. The molecule has 0 atom stereocenters. The van der Waals surface area contributed by atoms with Gasteiger partial charge in [-0.25, -0.2) is 0 Å². The molecule has 7 nitrogen and oxygen atoms in total. The minimum absolute atomic E-state index is 0.123. The number of nitrogens with zero attached hydrogens (tertiary/aromatic N) is 4. The predicted molar refractivity (Wildman–Crippen MR) is 46.0 cm³/mol. The molecule has 0 aromatic carbocycles. The lowest BCUT2D eigenvalue weighted by Crippen LogP contribution is -2.19. The SMILES string of the molecule is CNCCC(=O)Nc1nnn(C)n1. The number of hydrogen-bond acceptors (Lipinski definition) is 5. The summed E-state index contributed by atoms with van der Waals surface area (Å²) in [6, 6.07) is 0. The van der Waals surface area contributed by atoms with Crippen LogP contribution in [0.25, 0.3) is 0 Å². The van der Waals surface area contributed by atoms with Crippen molar-refractivity contribution in [3.63, 3.8) is 0 Å². The first kappa shape index (κ1) is 9.59. The average Bonchev–Trinajstić information content (AvgIpc) is 2.48. The van der Waals surface area contributed by atoms with E-state index < -0.39 is 0 Å². The maximum atomic E-state index is 11.1. The third kappa shape index (κ3) is 3.16. The molecule has 0 unspecified atom stereocenters. The van der Waals surface area contributed by atoms with E-state index in [1.165, 1.54) is 4.80 Å². The minimum atomic E-state index is -0.123. The van der Waals surface area contributed by atoms with E-state index in [1.807, 2.05) is 0 Å². The van der Waals surface area contributed by atoms with Crippen LogP contribution in [0.5, 0.6) is 0 Å². The smallest absolute Gasteiger partial charge is 0.270 e. The first-order valence-electron chi connectivity index (χ1n) is 3.91. The number of carbonyl (C=O) groups excluding carboxylic acids is 1. The van der Waals surface area contributed by atoms with Crippen LogP contribution in [-0.2, 0) is 11.8 Å². The maximum Gasteiger partial charge on any atom is 0.270 e. The molecular weight excluding hydrogens is 172 g/mol. The number of aromatic nitrogens is 4. The van der Waals surface area contributed by atoms with E-state index in [9.17, 15) is 4.79 Å². The summed E-state index contributed by atoms with van der Waals surface area (Å²) in [4.78, 5) is 12.4. The number of nitrogens with one attached hydrogen (secondary N) is 2. The Morgan fingerprint density at radius 2 is 2.38 bits per heavy atom. The fourth-order valence-electron chi connectivity index (χ4n) is 0.760. The lowest BCUT2D eigenvalue weighted by Gasteiger charge is -1.98. The lowest BCUT2D eigenvalue weighted by atomic mass is 10.4. The monoisotopic (exact) mass is 184 g/mol. The largest absolute Gasteiger partial charge is 0.319 e. The highest BCUT2D eigenvalue weighted by molar-refractivity contribution is 5.88. The molecule has 7 heteroatoms. The fourth-order valence-corrected chi connectivity index (χ4v) is 0.760. The van der Waals surface area contributed by atoms with Crippen LogP contribution in [-0.4, -0.2) is 39.7 Å². The zero-order valence-electron chi connectivity index (χ0n) is 7.61. The highest BCUT2D eigenvalue weighted by Gasteiger charge is 2.04. The summed E-state index contributed by atoms with van der Waals surface area (Å²) in [5, 5.41) is 16.4. The van der Waals surface area contributed by atoms with Crippen LogP contribution in [0.15, 0.2) is 0 Å². The summed E-state index contributed by atoms with van der Waals surface area (Å²) in [5.41, 5.74) is 0. The summed E-state index contributed by atoms with van der Waals surface area (Å²) < 4.78 is 0. The van der Waals surface area contributed by atoms with Gasteiger partial charge in [0.05, 0.1) is 7.05 Å². The third-order valence-corrected chi connectivity index (χ3v) is 1.36. The van der Waals surface area contributed by atoms with Crippen molar-refractivity contribution in [2.24, 2.45) is 7.05 Å². The van der Waals surface area contributed by atoms with Crippen LogP contribution < -0.4 is 10.6 Å². The van der Waals surface area contributed by atoms with E-state index in [2.05, 4.69) is 26.0 Å². The molecule has 0 spiro atoms. The molecular formula is C6H12N6O. The summed E-state index contributed by atoms with van der Waals surface area (Å²) in [6.07, 6.45) is 0.398. The van der Waals surface area contributed by atoms with Crippen LogP contribution >= 0.6 is 0 Å². The van der Waals surface area contributed by atoms with Gasteiger partial charge in [-0.1, -0.05) is 5.10 Å². The molecule has 1 aromatic rings. The Balaban J connectivity index is 2.36. The van der Waals surface area contributed by atoms with Crippen LogP contribution in [0, 0.1) is 0 Å². The molecule has 0 saturated heterocycles. The highest BCUT2D eigenvalue weighted by atomic mass is 16.1. The lowest BCUT2D eigenvalue weighted by molar-refractivity contribution is -0.116. The zero-order valence-corrected chi connectivity index (χ0v) is 7.61. The average molecular weight is 184 g/mol. The van der Waals surface area contributed by atoms with E-state index in [1.54, 1.807) is 14.1 Å². The van der Waals surface area contributed by atoms with Crippen molar-refractivity contribution in [2.45, 2.75) is 6.42 Å². The number of anilines is 1. The Hall–Kier alpha value is -1.50. The van der Waals surface area contributed by atoms with Crippen molar-refractivity contribution in [3.8, 4) is 0 Å². The van der Waals surface area contributed by atoms with E-state index in [0.717, 1.165) is 0 Å². The number of hydrogen-bond donors (Lipinski definition) is 2.